The van der Waals surface area contributed by atoms with Gasteiger partial charge in [-0.1, -0.05) is 159 Å². The van der Waals surface area contributed by atoms with E-state index in [1.807, 2.05) is 0 Å². The number of aromatic nitrogens is 3. The summed E-state index contributed by atoms with van der Waals surface area (Å²) in [6.45, 7) is 4.69. The molecule has 10 aliphatic carbocycles. The zero-order chi connectivity index (χ0) is 44.2. The molecule has 8 fully saturated rings. The van der Waals surface area contributed by atoms with Gasteiger partial charge in [-0.15, -0.1) is 0 Å². The fourth-order valence-corrected chi connectivity index (χ4v) is 18.2. The summed E-state index contributed by atoms with van der Waals surface area (Å²) in [7, 11) is 0. The van der Waals surface area contributed by atoms with Gasteiger partial charge in [-0.2, -0.15) is 0 Å². The summed E-state index contributed by atoms with van der Waals surface area (Å²) in [6, 6.07) is 58.5. The van der Waals surface area contributed by atoms with Gasteiger partial charge in [-0.25, -0.2) is 15.0 Å². The first kappa shape index (κ1) is 39.3. The number of hydrogen-bond acceptors (Lipinski definition) is 3. The number of hydrogen-bond donors (Lipinski definition) is 0. The molecule has 7 aromatic rings. The second-order valence-electron chi connectivity index (χ2n) is 23.5. The lowest BCUT2D eigenvalue weighted by atomic mass is 9.40. The maximum atomic E-state index is 5.95. The SMILES string of the molecule is CC(C)(c1ccccc1)c1cccc(-c2nc(C3c4ccccc4C4(c5ccccc53)C3CC5CC(C3)CC4C5)nc(C3c4ccccc4C4(c5ccccc53)C3CC5CC(C3)CC4C5)n2)c1. The summed E-state index contributed by atoms with van der Waals surface area (Å²) in [6.07, 6.45) is 13.8. The van der Waals surface area contributed by atoms with Crippen LogP contribution in [0.2, 0.25) is 0 Å². The molecule has 8 saturated carbocycles. The van der Waals surface area contributed by atoms with Crippen molar-refractivity contribution in [2.45, 2.75) is 106 Å². The minimum atomic E-state index is -0.210. The maximum absolute atomic E-state index is 5.95. The second kappa shape index (κ2) is 14.2. The Labute approximate surface area is 397 Å². The Balaban J connectivity index is 0.963. The van der Waals surface area contributed by atoms with Crippen LogP contribution in [0.4, 0.5) is 0 Å². The van der Waals surface area contributed by atoms with Gasteiger partial charge in [0, 0.05) is 21.8 Å². The quantitative estimate of drug-likeness (QED) is 0.173. The topological polar surface area (TPSA) is 38.7 Å². The average Bonchev–Trinajstić information content (AvgIpc) is 3.36. The Bertz CT molecular complexity index is 2810. The summed E-state index contributed by atoms with van der Waals surface area (Å²) < 4.78 is 0. The van der Waals surface area contributed by atoms with Crippen molar-refractivity contribution < 1.29 is 0 Å². The van der Waals surface area contributed by atoms with Crippen LogP contribution >= 0.6 is 0 Å². The van der Waals surface area contributed by atoms with Crippen molar-refractivity contribution in [3.63, 3.8) is 0 Å². The van der Waals surface area contributed by atoms with Gasteiger partial charge in [0.05, 0.1) is 11.8 Å². The Morgan fingerprint density at radius 1 is 0.373 bits per heavy atom. The molecule has 0 atom stereocenters. The fourth-order valence-electron chi connectivity index (χ4n) is 18.2. The zero-order valence-electron chi connectivity index (χ0n) is 39.1. The van der Waals surface area contributed by atoms with Crippen LogP contribution in [0.5, 0.6) is 0 Å². The van der Waals surface area contributed by atoms with Crippen molar-refractivity contribution in [1.82, 2.24) is 15.0 Å². The first-order chi connectivity index (χ1) is 32.9. The van der Waals surface area contributed by atoms with E-state index in [0.717, 1.165) is 46.7 Å². The second-order valence-corrected chi connectivity index (χ2v) is 23.5. The highest BCUT2D eigenvalue weighted by molar-refractivity contribution is 5.65. The highest BCUT2D eigenvalue weighted by Crippen LogP contribution is 2.70. The van der Waals surface area contributed by atoms with Crippen LogP contribution in [0.3, 0.4) is 0 Å². The normalized spacial score (nSPS) is 33.3. The zero-order valence-corrected chi connectivity index (χ0v) is 39.1. The Morgan fingerprint density at radius 2 is 0.731 bits per heavy atom. The number of benzene rings is 6. The highest BCUT2D eigenvalue weighted by atomic mass is 15.0. The van der Waals surface area contributed by atoms with Gasteiger partial charge in [0.25, 0.3) is 0 Å². The predicted octanol–water partition coefficient (Wildman–Crippen LogP) is 14.3. The standard InChI is InChI=1S/C64H61N3/c1-62(2,43-16-4-3-5-17-43)44-18-14-15-42(37-44)59-65-60(57-49-19-6-10-23-53(49)63(54-24-11-7-20-50(54)57)45-29-38-27-39(31-45)32-46(63)30-38)67-61(66-59)58-51-21-8-12-25-55(51)64(56-26-13-9-22-52(56)58)47-33-40-28-41(35-47)36-48(64)34-40/h3-26,37-41,45-48,57-58H,27-36H2,1-2H3. The molecule has 3 heteroatoms. The molecule has 6 aromatic carbocycles. The first-order valence-electron chi connectivity index (χ1n) is 26.2. The molecule has 332 valence electrons. The van der Waals surface area contributed by atoms with E-state index < -0.39 is 0 Å². The molecule has 8 bridgehead atoms. The first-order valence-corrected chi connectivity index (χ1v) is 26.2. The van der Waals surface area contributed by atoms with Crippen molar-refractivity contribution in [3.8, 4) is 11.4 Å². The van der Waals surface area contributed by atoms with Gasteiger partial charge >= 0.3 is 0 Å². The van der Waals surface area contributed by atoms with Crippen molar-refractivity contribution in [3.05, 3.63) is 219 Å². The monoisotopic (exact) mass is 871 g/mol. The Hall–Kier alpha value is -5.67. The lowest BCUT2D eigenvalue weighted by Crippen LogP contribution is -2.58. The summed E-state index contributed by atoms with van der Waals surface area (Å²) in [5.74, 6) is 8.62. The lowest BCUT2D eigenvalue weighted by molar-refractivity contribution is -0.0436. The van der Waals surface area contributed by atoms with Gasteiger partial charge in [0.2, 0.25) is 0 Å². The Kier molecular flexibility index (Phi) is 8.33. The third kappa shape index (κ3) is 5.33. The van der Waals surface area contributed by atoms with Gasteiger partial charge in [-0.05, 0) is 173 Å². The van der Waals surface area contributed by atoms with E-state index in [0.29, 0.717) is 23.7 Å². The molecule has 0 radical (unpaired) electrons. The molecular weight excluding hydrogens is 811 g/mol. The molecule has 0 amide bonds. The molecule has 1 aromatic heterocycles. The maximum Gasteiger partial charge on any atom is 0.163 e. The lowest BCUT2D eigenvalue weighted by Gasteiger charge is -2.64. The van der Waals surface area contributed by atoms with Crippen LogP contribution < -0.4 is 0 Å². The summed E-state index contributed by atoms with van der Waals surface area (Å²) in [5, 5.41) is 0. The van der Waals surface area contributed by atoms with Crippen molar-refractivity contribution >= 4 is 0 Å². The van der Waals surface area contributed by atoms with E-state index in [9.17, 15) is 0 Å². The minimum Gasteiger partial charge on any atom is -0.216 e. The highest BCUT2D eigenvalue weighted by Gasteiger charge is 2.63. The summed E-state index contributed by atoms with van der Waals surface area (Å²) in [5.41, 5.74) is 15.3. The number of fused-ring (bicyclic) bond motifs is 4. The Morgan fingerprint density at radius 3 is 1.13 bits per heavy atom. The van der Waals surface area contributed by atoms with Crippen LogP contribution in [0.25, 0.3) is 11.4 Å². The van der Waals surface area contributed by atoms with E-state index >= 15 is 0 Å². The van der Waals surface area contributed by atoms with Crippen molar-refractivity contribution in [2.24, 2.45) is 47.3 Å². The van der Waals surface area contributed by atoms with Gasteiger partial charge in [0.15, 0.2) is 5.82 Å². The smallest absolute Gasteiger partial charge is 0.163 e. The van der Waals surface area contributed by atoms with E-state index in [2.05, 4.69) is 166 Å². The van der Waals surface area contributed by atoms with E-state index in [-0.39, 0.29) is 28.1 Å². The number of nitrogens with zero attached hydrogens (tertiary/aromatic N) is 3. The molecule has 0 unspecified atom stereocenters. The molecule has 1 heterocycles. The van der Waals surface area contributed by atoms with Gasteiger partial charge in [-0.3, -0.25) is 0 Å². The fraction of sp³-hybridized carbons (Fsp3) is 0.391. The van der Waals surface area contributed by atoms with Crippen LogP contribution in [0.15, 0.2) is 152 Å². The van der Waals surface area contributed by atoms with Gasteiger partial charge < -0.3 is 0 Å². The molecule has 0 N–H and O–H groups in total. The minimum absolute atomic E-state index is 0.0430. The largest absolute Gasteiger partial charge is 0.216 e. The number of rotatable bonds is 5. The molecule has 10 aliphatic rings. The predicted molar refractivity (Wildman–Crippen MR) is 267 cm³/mol. The third-order valence-electron chi connectivity index (χ3n) is 20.2. The van der Waals surface area contributed by atoms with Crippen LogP contribution in [-0.2, 0) is 16.2 Å². The van der Waals surface area contributed by atoms with Crippen molar-refractivity contribution in [1.29, 1.82) is 0 Å². The van der Waals surface area contributed by atoms with E-state index in [1.54, 1.807) is 22.3 Å². The third-order valence-corrected chi connectivity index (χ3v) is 20.2. The van der Waals surface area contributed by atoms with Crippen LogP contribution in [0, 0.1) is 47.3 Å². The molecule has 67 heavy (non-hydrogen) atoms. The average molecular weight is 872 g/mol. The molecule has 0 aliphatic heterocycles. The van der Waals surface area contributed by atoms with Crippen molar-refractivity contribution in [2.75, 3.05) is 0 Å². The molecule has 3 nitrogen and oxygen atoms in total. The molecule has 0 saturated heterocycles. The van der Waals surface area contributed by atoms with E-state index in [1.165, 1.54) is 97.6 Å². The molecule has 17 rings (SSSR count). The van der Waals surface area contributed by atoms with Crippen LogP contribution in [0.1, 0.15) is 157 Å². The van der Waals surface area contributed by atoms with Crippen LogP contribution in [-0.4, -0.2) is 15.0 Å². The molecular formula is C64H61N3. The summed E-state index contributed by atoms with van der Waals surface area (Å²) >= 11 is 0. The molecule has 2 spiro atoms. The van der Waals surface area contributed by atoms with Gasteiger partial charge in [0.1, 0.15) is 11.6 Å². The summed E-state index contributed by atoms with van der Waals surface area (Å²) in [4.78, 5) is 17.5. The van der Waals surface area contributed by atoms with E-state index in [4.69, 9.17) is 15.0 Å².